The number of benzene rings is 1. The molecule has 1 aromatic rings. The Bertz CT molecular complexity index is 580. The maximum absolute atomic E-state index is 12.0. The molecule has 1 saturated carbocycles. The summed E-state index contributed by atoms with van der Waals surface area (Å²) in [6, 6.07) is 9.35. The lowest BCUT2D eigenvalue weighted by Crippen LogP contribution is -2.55. The van der Waals surface area contributed by atoms with E-state index in [9.17, 15) is 19.5 Å². The molecular weight excluding hydrogens is 308 g/mol. The molecule has 0 radical (unpaired) electrons. The highest BCUT2D eigenvalue weighted by atomic mass is 16.4. The third-order valence-electron chi connectivity index (χ3n) is 4.38. The van der Waals surface area contributed by atoms with Gasteiger partial charge in [0.2, 0.25) is 11.8 Å². The topological polar surface area (TPSA) is 95.5 Å². The number of carbonyl (C=O) groups excluding carboxylic acids is 2. The van der Waals surface area contributed by atoms with Crippen molar-refractivity contribution in [2.24, 2.45) is 0 Å². The fourth-order valence-electron chi connectivity index (χ4n) is 3.04. The molecule has 0 saturated heterocycles. The van der Waals surface area contributed by atoms with E-state index >= 15 is 0 Å². The molecule has 1 aliphatic rings. The zero-order chi connectivity index (χ0) is 17.4. The van der Waals surface area contributed by atoms with Crippen LogP contribution in [0.3, 0.4) is 0 Å². The molecule has 0 atom stereocenters. The molecule has 2 amide bonds. The molecule has 0 heterocycles. The summed E-state index contributed by atoms with van der Waals surface area (Å²) < 4.78 is 0. The van der Waals surface area contributed by atoms with Crippen molar-refractivity contribution in [3.8, 4) is 0 Å². The predicted octanol–water partition coefficient (Wildman–Crippen LogP) is 1.64. The monoisotopic (exact) mass is 332 g/mol. The second-order valence-electron chi connectivity index (χ2n) is 6.26. The molecule has 2 rings (SSSR count). The van der Waals surface area contributed by atoms with Gasteiger partial charge in [0.1, 0.15) is 5.54 Å². The normalized spacial score (nSPS) is 16.2. The van der Waals surface area contributed by atoms with Gasteiger partial charge in [0.25, 0.3) is 0 Å². The van der Waals surface area contributed by atoms with Crippen LogP contribution in [0, 0.1) is 0 Å². The van der Waals surface area contributed by atoms with E-state index in [1.54, 1.807) is 0 Å². The van der Waals surface area contributed by atoms with Gasteiger partial charge in [-0.2, -0.15) is 0 Å². The summed E-state index contributed by atoms with van der Waals surface area (Å²) >= 11 is 0. The number of carboxylic acids is 1. The standard InChI is InChI=1S/C18H24N2O4/c21-15(20-18(17(23)24)10-5-2-6-11-18)9-12-19-16(22)13-14-7-3-1-4-8-14/h1,3-4,7-8H,2,5-6,9-13H2,(H,19,22)(H,20,21)(H,23,24). The fraction of sp³-hybridized carbons (Fsp3) is 0.500. The highest BCUT2D eigenvalue weighted by Crippen LogP contribution is 2.28. The summed E-state index contributed by atoms with van der Waals surface area (Å²) in [7, 11) is 0. The van der Waals surface area contributed by atoms with Crippen molar-refractivity contribution >= 4 is 17.8 Å². The van der Waals surface area contributed by atoms with Gasteiger partial charge < -0.3 is 15.7 Å². The third kappa shape index (κ3) is 5.08. The van der Waals surface area contributed by atoms with E-state index < -0.39 is 11.5 Å². The zero-order valence-corrected chi connectivity index (χ0v) is 13.7. The first kappa shape index (κ1) is 18.0. The lowest BCUT2D eigenvalue weighted by atomic mass is 9.81. The largest absolute Gasteiger partial charge is 0.480 e. The Labute approximate surface area is 141 Å². The van der Waals surface area contributed by atoms with Crippen LogP contribution >= 0.6 is 0 Å². The van der Waals surface area contributed by atoms with Gasteiger partial charge in [0.05, 0.1) is 6.42 Å². The van der Waals surface area contributed by atoms with Crippen LogP contribution in [0.1, 0.15) is 44.1 Å². The van der Waals surface area contributed by atoms with E-state index in [1.807, 2.05) is 30.3 Å². The summed E-state index contributed by atoms with van der Waals surface area (Å²) in [6.45, 7) is 0.202. The van der Waals surface area contributed by atoms with Gasteiger partial charge in [-0.05, 0) is 18.4 Å². The van der Waals surface area contributed by atoms with Gasteiger partial charge in [-0.1, -0.05) is 49.6 Å². The van der Waals surface area contributed by atoms with Crippen LogP contribution in [0.4, 0.5) is 0 Å². The molecular formula is C18H24N2O4. The van der Waals surface area contributed by atoms with E-state index in [0.717, 1.165) is 24.8 Å². The molecule has 0 unspecified atom stereocenters. The van der Waals surface area contributed by atoms with Crippen molar-refractivity contribution in [3.63, 3.8) is 0 Å². The molecule has 0 aliphatic heterocycles. The molecule has 6 nitrogen and oxygen atoms in total. The lowest BCUT2D eigenvalue weighted by molar-refractivity contribution is -0.149. The Kier molecular flexibility index (Phi) is 6.35. The predicted molar refractivity (Wildman–Crippen MR) is 89.4 cm³/mol. The quantitative estimate of drug-likeness (QED) is 0.707. The summed E-state index contributed by atoms with van der Waals surface area (Å²) in [5.74, 6) is -1.46. The van der Waals surface area contributed by atoms with Crippen molar-refractivity contribution < 1.29 is 19.5 Å². The lowest BCUT2D eigenvalue weighted by Gasteiger charge is -2.34. The van der Waals surface area contributed by atoms with E-state index in [4.69, 9.17) is 0 Å². The van der Waals surface area contributed by atoms with Gasteiger partial charge in [-0.3, -0.25) is 9.59 Å². The van der Waals surface area contributed by atoms with Gasteiger partial charge in [0.15, 0.2) is 0 Å². The van der Waals surface area contributed by atoms with Crippen molar-refractivity contribution in [2.75, 3.05) is 6.54 Å². The molecule has 24 heavy (non-hydrogen) atoms. The minimum Gasteiger partial charge on any atom is -0.480 e. The number of rotatable bonds is 7. The summed E-state index contributed by atoms with van der Waals surface area (Å²) in [4.78, 5) is 35.4. The Balaban J connectivity index is 1.74. The van der Waals surface area contributed by atoms with E-state index in [0.29, 0.717) is 12.8 Å². The van der Waals surface area contributed by atoms with Crippen molar-refractivity contribution in [2.45, 2.75) is 50.5 Å². The average Bonchev–Trinajstić information content (AvgIpc) is 2.56. The van der Waals surface area contributed by atoms with Gasteiger partial charge in [0, 0.05) is 13.0 Å². The van der Waals surface area contributed by atoms with Crippen LogP contribution in [0.5, 0.6) is 0 Å². The number of hydrogen-bond acceptors (Lipinski definition) is 3. The Hall–Kier alpha value is -2.37. The summed E-state index contributed by atoms with van der Waals surface area (Å²) in [5, 5.41) is 14.8. The van der Waals surface area contributed by atoms with Crippen molar-refractivity contribution in [3.05, 3.63) is 35.9 Å². The molecule has 130 valence electrons. The van der Waals surface area contributed by atoms with Crippen LogP contribution < -0.4 is 10.6 Å². The van der Waals surface area contributed by atoms with Crippen molar-refractivity contribution in [1.29, 1.82) is 0 Å². The SMILES string of the molecule is O=C(Cc1ccccc1)NCCC(=O)NC1(C(=O)O)CCCCC1. The molecule has 0 spiro atoms. The maximum Gasteiger partial charge on any atom is 0.329 e. The Morgan fingerprint density at radius 3 is 2.29 bits per heavy atom. The number of amides is 2. The Morgan fingerprint density at radius 2 is 1.67 bits per heavy atom. The maximum atomic E-state index is 12.0. The molecule has 3 N–H and O–H groups in total. The molecule has 0 bridgehead atoms. The third-order valence-corrected chi connectivity index (χ3v) is 4.38. The molecule has 6 heteroatoms. The van der Waals surface area contributed by atoms with Crippen LogP contribution in [0.15, 0.2) is 30.3 Å². The van der Waals surface area contributed by atoms with Crippen LogP contribution in [-0.2, 0) is 20.8 Å². The van der Waals surface area contributed by atoms with Gasteiger partial charge in [-0.15, -0.1) is 0 Å². The first-order valence-corrected chi connectivity index (χ1v) is 8.37. The smallest absolute Gasteiger partial charge is 0.329 e. The second kappa shape index (κ2) is 8.47. The second-order valence-corrected chi connectivity index (χ2v) is 6.26. The van der Waals surface area contributed by atoms with Crippen LogP contribution in [-0.4, -0.2) is 35.0 Å². The first-order chi connectivity index (χ1) is 11.5. The number of carbonyl (C=O) groups is 3. The number of hydrogen-bond donors (Lipinski definition) is 3. The van der Waals surface area contributed by atoms with Crippen molar-refractivity contribution in [1.82, 2.24) is 10.6 Å². The summed E-state index contributed by atoms with van der Waals surface area (Å²) in [5.41, 5.74) is -0.227. The zero-order valence-electron chi connectivity index (χ0n) is 13.7. The van der Waals surface area contributed by atoms with E-state index in [-0.39, 0.29) is 31.2 Å². The minimum absolute atomic E-state index is 0.0789. The van der Waals surface area contributed by atoms with E-state index in [1.165, 1.54) is 0 Å². The highest BCUT2D eigenvalue weighted by molar-refractivity contribution is 5.87. The molecule has 1 aliphatic carbocycles. The van der Waals surface area contributed by atoms with Gasteiger partial charge in [-0.25, -0.2) is 4.79 Å². The highest BCUT2D eigenvalue weighted by Gasteiger charge is 2.40. The van der Waals surface area contributed by atoms with Gasteiger partial charge >= 0.3 is 5.97 Å². The van der Waals surface area contributed by atoms with Crippen LogP contribution in [0.25, 0.3) is 0 Å². The molecule has 0 aromatic heterocycles. The number of carboxylic acid groups (broad SMARTS) is 1. The summed E-state index contributed by atoms with van der Waals surface area (Å²) in [6.07, 6.45) is 3.89. The fourth-order valence-corrected chi connectivity index (χ4v) is 3.04. The molecule has 1 fully saturated rings. The minimum atomic E-state index is -1.14. The number of nitrogens with one attached hydrogen (secondary N) is 2. The van der Waals surface area contributed by atoms with Crippen LogP contribution in [0.2, 0.25) is 0 Å². The number of aliphatic carboxylic acids is 1. The Morgan fingerprint density at radius 1 is 1.00 bits per heavy atom. The first-order valence-electron chi connectivity index (χ1n) is 8.37. The average molecular weight is 332 g/mol. The van der Waals surface area contributed by atoms with E-state index in [2.05, 4.69) is 10.6 Å². The molecule has 1 aromatic carbocycles.